The first kappa shape index (κ1) is 68.7. The zero-order chi connectivity index (χ0) is 55.2. The maximum absolute atomic E-state index is 11.5. The Labute approximate surface area is 438 Å². The van der Waals surface area contributed by atoms with Crippen molar-refractivity contribution in [2.24, 2.45) is 16.6 Å². The molecule has 0 bridgehead atoms. The third kappa shape index (κ3) is 31.7. The molecule has 5 aromatic rings. The Kier molecular flexibility index (Phi) is 42.8. The lowest BCUT2D eigenvalue weighted by molar-refractivity contribution is -0.161. The number of ether oxygens (including phenoxy) is 8. The highest BCUT2D eigenvalue weighted by Gasteiger charge is 2.24. The number of nitrogens with zero attached hydrogens (tertiary/aromatic N) is 7. The molecule has 8 N–H and O–H groups in total. The molecule has 73 heavy (non-hydrogen) atoms. The van der Waals surface area contributed by atoms with Crippen LogP contribution in [0.15, 0.2) is 58.1 Å². The maximum Gasteiger partial charge on any atom is 0.323 e. The van der Waals surface area contributed by atoms with E-state index in [0.717, 1.165) is 16.4 Å². The van der Waals surface area contributed by atoms with Crippen LogP contribution in [-0.4, -0.2) is 142 Å². The number of nitrogens with two attached hydrogens (primary N) is 2. The molecule has 5 rings (SSSR count). The molecular weight excluding hydrogens is 1040 g/mol. The molecule has 0 saturated heterocycles. The van der Waals surface area contributed by atoms with Gasteiger partial charge in [-0.05, 0) is 67.5 Å². The number of carbonyl (C=O) groups is 2. The molecule has 406 valence electrons. The molecule has 0 aliphatic heterocycles. The fraction of sp³-hybridized carbons (Fsp3) is 0.543. The Morgan fingerprint density at radius 3 is 1.67 bits per heavy atom. The first-order valence-electron chi connectivity index (χ1n) is 22.9. The highest BCUT2D eigenvalue weighted by Crippen LogP contribution is 2.16. The van der Waals surface area contributed by atoms with Crippen molar-refractivity contribution in [3.63, 3.8) is 0 Å². The molecule has 1 unspecified atom stereocenters. The molecule has 0 amide bonds. The van der Waals surface area contributed by atoms with Crippen molar-refractivity contribution in [1.29, 1.82) is 10.5 Å². The van der Waals surface area contributed by atoms with Crippen molar-refractivity contribution in [3.05, 3.63) is 74.9 Å². The zero-order valence-electron chi connectivity index (χ0n) is 42.9. The van der Waals surface area contributed by atoms with Gasteiger partial charge < -0.3 is 69.3 Å². The van der Waals surface area contributed by atoms with Crippen molar-refractivity contribution in [3.8, 4) is 12.1 Å². The average Bonchev–Trinajstić information content (AvgIpc) is 4.08. The van der Waals surface area contributed by atoms with Gasteiger partial charge in [0.15, 0.2) is 18.9 Å². The number of H-pyrrole nitrogens is 4. The van der Waals surface area contributed by atoms with Crippen LogP contribution in [0, 0.1) is 28.6 Å². The fourth-order valence-electron chi connectivity index (χ4n) is 5.05. The summed E-state index contributed by atoms with van der Waals surface area (Å²) in [6.07, 6.45) is 8.12. The Bertz CT molecular complexity index is 2400. The van der Waals surface area contributed by atoms with E-state index in [1.807, 2.05) is 53.7 Å². The smallest absolute Gasteiger partial charge is 0.323 e. The van der Waals surface area contributed by atoms with Crippen LogP contribution < -0.4 is 22.6 Å². The summed E-state index contributed by atoms with van der Waals surface area (Å²) in [5, 5.41) is 19.5. The van der Waals surface area contributed by atoms with E-state index in [1.165, 1.54) is 25.3 Å². The number of aromatic nitrogens is 8. The largest absolute Gasteiger partial charge is 0.465 e. The van der Waals surface area contributed by atoms with Crippen LogP contribution in [0.4, 0.5) is 5.82 Å². The van der Waals surface area contributed by atoms with E-state index in [4.69, 9.17) is 66.8 Å². The quantitative estimate of drug-likeness (QED) is 0.0132. The van der Waals surface area contributed by atoms with Crippen molar-refractivity contribution in [2.45, 2.75) is 93.5 Å². The lowest BCUT2D eigenvalue weighted by Gasteiger charge is -2.18. The lowest BCUT2D eigenvalue weighted by Crippen LogP contribution is -2.26. The molecule has 25 nitrogen and oxygen atoms in total. The van der Waals surface area contributed by atoms with E-state index in [2.05, 4.69) is 65.5 Å². The van der Waals surface area contributed by atoms with Crippen LogP contribution in [0.1, 0.15) is 73.8 Å². The topological polar surface area (TPSA) is 369 Å². The standard InChI is InChI=1S/C11H19NO4.C10H17N3O3.C6H13BrO2.C6H4ClN3.C6H5N3O.C5H7NO2.C2H6N2/c1-4-14-10(15-5-2)7-9(8-12)11(13)16-6-3;1-3-15-8(16-4-2)5-7-9(11)12-6-13-10(7)14;1-3-8-6(5-7)9-4-2;7-5-4-1-2-8-6(4)10-3-9-5;10-6-4-1-2-7-5(4)8-3-9-6;1-2-8-5(7)3-4-6;1-4-2-3/h9-10H,4-7H2,1-3H3;6,8H,3-5H2,1-2H3,(H3,11,12,13,14);6H,3-5H2,1-2H3;1-3H,(H,8,9,10);1-3H,(H2,7,8,9,10);2-3H2,1H3;2H,1H3,(H2,3,4). The summed E-state index contributed by atoms with van der Waals surface area (Å²) in [7, 11) is 1.62. The zero-order valence-corrected chi connectivity index (χ0v) is 45.2. The van der Waals surface area contributed by atoms with Crippen LogP contribution in [0.25, 0.3) is 22.1 Å². The molecule has 5 aromatic heterocycles. The van der Waals surface area contributed by atoms with Crippen LogP contribution in [0.3, 0.4) is 0 Å². The number of nitriles is 2. The first-order valence-corrected chi connectivity index (χ1v) is 24.4. The Morgan fingerprint density at radius 1 is 0.726 bits per heavy atom. The van der Waals surface area contributed by atoms with Crippen molar-refractivity contribution >= 4 is 73.7 Å². The summed E-state index contributed by atoms with van der Waals surface area (Å²) in [5.74, 6) is -1.58. The van der Waals surface area contributed by atoms with Gasteiger partial charge in [-0.15, -0.1) is 0 Å². The maximum atomic E-state index is 11.5. The van der Waals surface area contributed by atoms with Gasteiger partial charge in [-0.3, -0.25) is 24.2 Å². The van der Waals surface area contributed by atoms with Crippen molar-refractivity contribution < 1.29 is 47.5 Å². The minimum atomic E-state index is -0.831. The summed E-state index contributed by atoms with van der Waals surface area (Å²) in [4.78, 5) is 73.6. The summed E-state index contributed by atoms with van der Waals surface area (Å²) in [6.45, 7) is 18.7. The second-order valence-corrected chi connectivity index (χ2v) is 14.1. The van der Waals surface area contributed by atoms with Crippen LogP contribution >= 0.6 is 27.5 Å². The summed E-state index contributed by atoms with van der Waals surface area (Å²) in [6, 6.07) is 7.12. The number of rotatable bonds is 21. The van der Waals surface area contributed by atoms with E-state index >= 15 is 0 Å². The summed E-state index contributed by atoms with van der Waals surface area (Å²) in [5.41, 5.74) is 11.8. The van der Waals surface area contributed by atoms with Gasteiger partial charge in [0.05, 0.1) is 66.0 Å². The van der Waals surface area contributed by atoms with Gasteiger partial charge in [0.25, 0.3) is 11.1 Å². The van der Waals surface area contributed by atoms with E-state index in [-0.39, 0.29) is 42.7 Å². The van der Waals surface area contributed by atoms with Gasteiger partial charge in [0.2, 0.25) is 0 Å². The van der Waals surface area contributed by atoms with Gasteiger partial charge in [0, 0.05) is 71.9 Å². The highest BCUT2D eigenvalue weighted by atomic mass is 79.9. The molecular formula is C46H71BrClN13O12. The number of aromatic amines is 4. The minimum absolute atomic E-state index is 0.0694. The molecule has 0 fully saturated rings. The molecule has 1 atom stereocenters. The molecule has 27 heteroatoms. The molecule has 0 aliphatic carbocycles. The molecule has 0 spiro atoms. The number of hydrogen-bond donors (Lipinski definition) is 6. The van der Waals surface area contributed by atoms with E-state index in [1.54, 1.807) is 45.4 Å². The molecule has 0 aromatic carbocycles. The minimum Gasteiger partial charge on any atom is -0.465 e. The SMILES string of the molecule is CCOC(=O)C(C#N)CC(OCC)OCC.CCOC(=O)CC#N.CCOC(CBr)OCC.CCOC(Cc1c(N)nc[nH]c1=O)OCC.CN=CN.Clc1ncnc2[nH]ccc12.O=c1[nH]cnc2[nH]ccc12. The predicted molar refractivity (Wildman–Crippen MR) is 279 cm³/mol. The molecule has 0 aliphatic rings. The third-order valence-electron chi connectivity index (χ3n) is 8.09. The van der Waals surface area contributed by atoms with Gasteiger partial charge >= 0.3 is 11.9 Å². The Hall–Kier alpha value is -6.36. The number of hydrogen-bond acceptors (Lipinski definition) is 20. The Balaban J connectivity index is 0. The lowest BCUT2D eigenvalue weighted by atomic mass is 10.1. The number of fused-ring (bicyclic) bond motifs is 2. The number of nitrogen functional groups attached to an aromatic ring is 1. The Morgan fingerprint density at radius 2 is 1.22 bits per heavy atom. The molecule has 0 saturated carbocycles. The second-order valence-electron chi connectivity index (χ2n) is 13.1. The number of alkyl halides is 1. The van der Waals surface area contributed by atoms with Gasteiger partial charge in [-0.1, -0.05) is 27.5 Å². The van der Waals surface area contributed by atoms with Crippen LogP contribution in [0.2, 0.25) is 5.15 Å². The van der Waals surface area contributed by atoms with Crippen LogP contribution in [0.5, 0.6) is 0 Å². The summed E-state index contributed by atoms with van der Waals surface area (Å²) < 4.78 is 40.7. The highest BCUT2D eigenvalue weighted by molar-refractivity contribution is 9.09. The van der Waals surface area contributed by atoms with Gasteiger partial charge in [-0.25, -0.2) is 19.9 Å². The third-order valence-corrected chi connectivity index (χ3v) is 8.92. The van der Waals surface area contributed by atoms with E-state index in [0.29, 0.717) is 74.4 Å². The monoisotopic (exact) mass is 1110 g/mol. The van der Waals surface area contributed by atoms with Crippen LogP contribution in [-0.2, 0) is 53.9 Å². The normalized spacial score (nSPS) is 10.6. The fourth-order valence-corrected chi connectivity index (χ4v) is 5.62. The number of esters is 2. The predicted octanol–water partition coefficient (Wildman–Crippen LogP) is 5.48. The number of carbonyl (C=O) groups excluding carboxylic acids is 2. The van der Waals surface area contributed by atoms with Crippen molar-refractivity contribution in [2.75, 3.05) is 71.0 Å². The van der Waals surface area contributed by atoms with Gasteiger partial charge in [-0.2, -0.15) is 10.5 Å². The number of aliphatic imine (C=N–C) groups is 1. The van der Waals surface area contributed by atoms with E-state index < -0.39 is 30.4 Å². The van der Waals surface area contributed by atoms with Gasteiger partial charge in [0.1, 0.15) is 40.9 Å². The second kappa shape index (κ2) is 45.5. The summed E-state index contributed by atoms with van der Waals surface area (Å²) >= 11 is 9.00. The number of halogens is 2. The average molecular weight is 1110 g/mol. The number of nitrogens with one attached hydrogen (secondary N) is 4. The van der Waals surface area contributed by atoms with E-state index in [9.17, 15) is 19.2 Å². The first-order chi connectivity index (χ1) is 35.2. The molecule has 5 heterocycles. The number of anilines is 1. The molecule has 0 radical (unpaired) electrons. The van der Waals surface area contributed by atoms with Crippen molar-refractivity contribution in [1.82, 2.24) is 39.9 Å².